The second-order valence-electron chi connectivity index (χ2n) is 15.6. The Morgan fingerprint density at radius 2 is 0.896 bits per heavy atom. The molecule has 3 aliphatic carbocycles. The number of nitriles is 4. The minimum atomic E-state index is -4.19. The van der Waals surface area contributed by atoms with Crippen molar-refractivity contribution in [2.45, 2.75) is 115 Å². The third-order valence-electron chi connectivity index (χ3n) is 10.8. The van der Waals surface area contributed by atoms with Gasteiger partial charge in [0.25, 0.3) is 0 Å². The third kappa shape index (κ3) is 6.67. The smallest absolute Gasteiger partial charge is 0.191 e. The number of rotatable bonds is 6. The van der Waals surface area contributed by atoms with Crippen LogP contribution >= 0.6 is 0 Å². The summed E-state index contributed by atoms with van der Waals surface area (Å²) in [7, 11) is -8.37. The number of hydrogen-bond donors (Lipinski definition) is 0. The molecule has 0 atom stereocenters. The first-order valence-corrected chi connectivity index (χ1v) is 20.2. The summed E-state index contributed by atoms with van der Waals surface area (Å²) < 4.78 is 56.6. The normalized spacial score (nSPS) is 28.3. The summed E-state index contributed by atoms with van der Waals surface area (Å²) >= 11 is 0. The van der Waals surface area contributed by atoms with Gasteiger partial charge in [0.1, 0.15) is 34.1 Å². The Morgan fingerprint density at radius 3 is 1.17 bits per heavy atom. The van der Waals surface area contributed by atoms with Gasteiger partial charge in [0.2, 0.25) is 0 Å². The molecular formula is C36H46N6O4S2. The van der Waals surface area contributed by atoms with Crippen molar-refractivity contribution in [3.8, 4) is 24.3 Å². The van der Waals surface area contributed by atoms with E-state index >= 15 is 0 Å². The highest BCUT2D eigenvalue weighted by molar-refractivity contribution is 7.96. The van der Waals surface area contributed by atoms with Crippen LogP contribution in [0.3, 0.4) is 0 Å². The lowest BCUT2D eigenvalue weighted by molar-refractivity contribution is 0.287. The monoisotopic (exact) mass is 690 g/mol. The molecule has 10 nitrogen and oxygen atoms in total. The van der Waals surface area contributed by atoms with Gasteiger partial charge in [-0.25, -0.2) is 16.8 Å². The van der Waals surface area contributed by atoms with Crippen LogP contribution < -0.4 is 0 Å². The Balaban J connectivity index is 1.46. The fourth-order valence-corrected chi connectivity index (χ4v) is 12.2. The molecule has 5 rings (SSSR count). The molecule has 2 saturated heterocycles. The fourth-order valence-electron chi connectivity index (χ4n) is 8.45. The van der Waals surface area contributed by atoms with Crippen LogP contribution in [0.1, 0.15) is 105 Å². The summed E-state index contributed by atoms with van der Waals surface area (Å²) in [6.07, 6.45) is 5.83. The zero-order valence-electron chi connectivity index (χ0n) is 28.6. The van der Waals surface area contributed by atoms with Gasteiger partial charge in [0.05, 0.1) is 21.6 Å². The molecule has 0 aromatic carbocycles. The fraction of sp³-hybridized carbons (Fsp3) is 0.667. The van der Waals surface area contributed by atoms with Gasteiger partial charge in [-0.05, 0) is 87.9 Å². The SMILES string of the molecule is CC1(C)CC(N2CCCC2)=C(C#N)/C(=C(\C#N)S(=O)(=O)C2CCC(S(=O)(=O)/C(C#N)=C3\CC(C)(C)CC(N4CCCC4)=C3C#N)CC2)C1. The first kappa shape index (κ1) is 35.7. The largest absolute Gasteiger partial charge is 0.374 e. The first-order valence-electron chi connectivity index (χ1n) is 17.1. The second kappa shape index (κ2) is 13.4. The topological polar surface area (TPSA) is 170 Å². The molecule has 2 heterocycles. The highest BCUT2D eigenvalue weighted by Crippen LogP contribution is 2.48. The molecular weight excluding hydrogens is 645 g/mol. The Kier molecular flexibility index (Phi) is 9.96. The van der Waals surface area contributed by atoms with Crippen molar-refractivity contribution >= 4 is 19.7 Å². The van der Waals surface area contributed by atoms with Gasteiger partial charge in [-0.15, -0.1) is 0 Å². The molecule has 5 aliphatic rings. The van der Waals surface area contributed by atoms with Crippen molar-refractivity contribution in [2.24, 2.45) is 10.8 Å². The van der Waals surface area contributed by atoms with Crippen LogP contribution in [0.25, 0.3) is 0 Å². The molecule has 0 unspecified atom stereocenters. The zero-order valence-corrected chi connectivity index (χ0v) is 30.2. The predicted octanol–water partition coefficient (Wildman–Crippen LogP) is 6.07. The molecule has 1 saturated carbocycles. The number of sulfone groups is 2. The van der Waals surface area contributed by atoms with E-state index in [2.05, 4.69) is 21.9 Å². The van der Waals surface area contributed by atoms with Gasteiger partial charge in [-0.1, -0.05) is 27.7 Å². The van der Waals surface area contributed by atoms with Crippen LogP contribution in [-0.4, -0.2) is 63.3 Å². The van der Waals surface area contributed by atoms with Gasteiger partial charge < -0.3 is 9.80 Å². The summed E-state index contributed by atoms with van der Waals surface area (Å²) in [5.41, 5.74) is 2.02. The van der Waals surface area contributed by atoms with Gasteiger partial charge in [0, 0.05) is 48.7 Å². The molecule has 0 amide bonds. The Hall–Kier alpha value is -3.58. The number of nitrogens with zero attached hydrogens (tertiary/aromatic N) is 6. The van der Waals surface area contributed by atoms with Crippen molar-refractivity contribution < 1.29 is 16.8 Å². The first-order chi connectivity index (χ1) is 22.6. The molecule has 0 spiro atoms. The summed E-state index contributed by atoms with van der Waals surface area (Å²) in [6.45, 7) is 11.2. The zero-order chi connectivity index (χ0) is 35.1. The van der Waals surface area contributed by atoms with Crippen LogP contribution in [0.15, 0.2) is 43.5 Å². The molecule has 0 aromatic rings. The van der Waals surface area contributed by atoms with Gasteiger partial charge in [0.15, 0.2) is 19.7 Å². The lowest BCUT2D eigenvalue weighted by atomic mass is 9.73. The summed E-state index contributed by atoms with van der Waals surface area (Å²) in [4.78, 5) is 3.54. The number of allylic oxidation sites excluding steroid dienone is 8. The molecule has 0 bridgehead atoms. The standard InChI is InChI=1S/C36H46N6O4S2/c1-35(2)17-27(29(21-37)31(19-35)41-13-5-6-14-41)33(23-39)47(43,44)25-9-11-26(12-10-25)48(45,46)34(24-40)28-18-36(3,4)20-32(30(28)22-38)42-15-7-8-16-42/h25-26H,5-20H2,1-4H3/b33-27+,34-28+. The van der Waals surface area contributed by atoms with Crippen LogP contribution in [0.4, 0.5) is 0 Å². The molecule has 256 valence electrons. The quantitative estimate of drug-likeness (QED) is 0.298. The minimum absolute atomic E-state index is 0.0121. The molecule has 0 aromatic heterocycles. The van der Waals surface area contributed by atoms with Crippen molar-refractivity contribution in [3.63, 3.8) is 0 Å². The van der Waals surface area contributed by atoms with E-state index in [4.69, 9.17) is 0 Å². The highest BCUT2D eigenvalue weighted by Gasteiger charge is 2.45. The molecule has 0 N–H and O–H groups in total. The molecule has 3 fully saturated rings. The Morgan fingerprint density at radius 1 is 0.583 bits per heavy atom. The third-order valence-corrected chi connectivity index (χ3v) is 15.3. The minimum Gasteiger partial charge on any atom is -0.374 e. The maximum atomic E-state index is 14.1. The van der Waals surface area contributed by atoms with E-state index in [1.54, 1.807) is 0 Å². The van der Waals surface area contributed by atoms with Crippen molar-refractivity contribution in [1.82, 2.24) is 9.80 Å². The maximum absolute atomic E-state index is 14.1. The van der Waals surface area contributed by atoms with E-state index in [0.29, 0.717) is 12.8 Å². The van der Waals surface area contributed by atoms with Crippen LogP contribution in [0.2, 0.25) is 0 Å². The molecule has 0 radical (unpaired) electrons. The van der Waals surface area contributed by atoms with E-state index in [1.807, 2.05) is 39.8 Å². The van der Waals surface area contributed by atoms with Crippen LogP contribution in [0, 0.1) is 56.2 Å². The lowest BCUT2D eigenvalue weighted by Gasteiger charge is -2.38. The highest BCUT2D eigenvalue weighted by atomic mass is 32.2. The Bertz CT molecular complexity index is 1730. The van der Waals surface area contributed by atoms with E-state index in [-0.39, 0.29) is 81.5 Å². The van der Waals surface area contributed by atoms with Crippen molar-refractivity contribution in [1.29, 1.82) is 21.0 Å². The average molecular weight is 691 g/mol. The number of likely N-dealkylation sites (tertiary alicyclic amines) is 2. The molecule has 48 heavy (non-hydrogen) atoms. The Labute approximate surface area is 286 Å². The predicted molar refractivity (Wildman–Crippen MR) is 182 cm³/mol. The van der Waals surface area contributed by atoms with Crippen molar-refractivity contribution in [2.75, 3.05) is 26.2 Å². The summed E-state index contributed by atoms with van der Waals surface area (Å²) in [6, 6.07) is 8.40. The second-order valence-corrected chi connectivity index (χ2v) is 19.9. The summed E-state index contributed by atoms with van der Waals surface area (Å²) in [5, 5.41) is 39.1. The van der Waals surface area contributed by atoms with Crippen LogP contribution in [0.5, 0.6) is 0 Å². The van der Waals surface area contributed by atoms with E-state index < -0.39 is 30.2 Å². The number of hydrogen-bond acceptors (Lipinski definition) is 10. The van der Waals surface area contributed by atoms with Gasteiger partial charge >= 0.3 is 0 Å². The van der Waals surface area contributed by atoms with E-state index in [9.17, 15) is 37.9 Å². The van der Waals surface area contributed by atoms with Gasteiger partial charge in [-0.2, -0.15) is 21.0 Å². The van der Waals surface area contributed by atoms with E-state index in [1.165, 1.54) is 0 Å². The molecule has 2 aliphatic heterocycles. The van der Waals surface area contributed by atoms with Gasteiger partial charge in [-0.3, -0.25) is 0 Å². The summed E-state index contributed by atoms with van der Waals surface area (Å²) in [5.74, 6) is 0. The maximum Gasteiger partial charge on any atom is 0.191 e. The van der Waals surface area contributed by atoms with E-state index in [0.717, 1.165) is 63.3 Å². The lowest BCUT2D eigenvalue weighted by Crippen LogP contribution is -2.36. The van der Waals surface area contributed by atoms with Crippen LogP contribution in [-0.2, 0) is 19.7 Å². The average Bonchev–Trinajstić information content (AvgIpc) is 3.76. The van der Waals surface area contributed by atoms with Crippen molar-refractivity contribution in [3.05, 3.63) is 43.5 Å². The molecule has 12 heteroatoms.